The Morgan fingerprint density at radius 3 is 2.71 bits per heavy atom. The smallest absolute Gasteiger partial charge is 0.223 e. The van der Waals surface area contributed by atoms with Crippen LogP contribution in [0.3, 0.4) is 0 Å². The minimum Gasteiger partial charge on any atom is -0.340 e. The lowest BCUT2D eigenvalue weighted by atomic mass is 10.1. The van der Waals surface area contributed by atoms with Crippen LogP contribution in [-0.2, 0) is 11.2 Å². The van der Waals surface area contributed by atoms with Crippen LogP contribution >= 0.6 is 11.3 Å². The Morgan fingerprint density at radius 2 is 2.04 bits per heavy atom. The van der Waals surface area contributed by atoms with Gasteiger partial charge in [-0.15, -0.1) is 11.3 Å². The maximum atomic E-state index is 13.9. The summed E-state index contributed by atoms with van der Waals surface area (Å²) in [5.41, 5.74) is 3.50. The van der Waals surface area contributed by atoms with Gasteiger partial charge in [0.2, 0.25) is 5.91 Å². The van der Waals surface area contributed by atoms with Gasteiger partial charge in [0.15, 0.2) is 0 Å². The summed E-state index contributed by atoms with van der Waals surface area (Å²) in [5, 5.41) is 1.99. The van der Waals surface area contributed by atoms with Gasteiger partial charge in [0.25, 0.3) is 0 Å². The molecule has 1 saturated heterocycles. The van der Waals surface area contributed by atoms with Crippen LogP contribution in [0.4, 0.5) is 4.39 Å². The zero-order valence-corrected chi connectivity index (χ0v) is 14.6. The van der Waals surface area contributed by atoms with Gasteiger partial charge in [-0.25, -0.2) is 9.37 Å². The zero-order chi connectivity index (χ0) is 16.9. The molecule has 2 heterocycles. The van der Waals surface area contributed by atoms with Crippen molar-refractivity contribution in [3.05, 3.63) is 52.2 Å². The molecule has 0 unspecified atom stereocenters. The van der Waals surface area contributed by atoms with E-state index in [0.717, 1.165) is 24.3 Å². The number of hydrogen-bond acceptors (Lipinski definition) is 4. The number of piperazine rings is 1. The molecule has 1 amide bonds. The molecule has 1 fully saturated rings. The maximum Gasteiger partial charge on any atom is 0.223 e. The van der Waals surface area contributed by atoms with Crippen molar-refractivity contribution < 1.29 is 9.18 Å². The molecule has 1 aromatic carbocycles. The van der Waals surface area contributed by atoms with Crippen molar-refractivity contribution in [3.8, 4) is 0 Å². The minimum atomic E-state index is -0.160. The standard InChI is InChI=1S/C18H22FN3OS/c1-14(16-4-2-3-5-17(16)19)21-8-10-22(11-9-21)18(23)7-6-15-12-24-13-20-15/h2-5,12-14H,6-11H2,1H3/t14-/m0/s1. The van der Waals surface area contributed by atoms with Gasteiger partial charge in [0, 0.05) is 49.6 Å². The van der Waals surface area contributed by atoms with Crippen LogP contribution in [0.1, 0.15) is 30.6 Å². The molecule has 0 N–H and O–H groups in total. The van der Waals surface area contributed by atoms with Gasteiger partial charge in [-0.3, -0.25) is 9.69 Å². The summed E-state index contributed by atoms with van der Waals surface area (Å²) in [6.07, 6.45) is 1.21. The fraction of sp³-hybridized carbons (Fsp3) is 0.444. The average molecular weight is 347 g/mol. The van der Waals surface area contributed by atoms with Gasteiger partial charge in [0.05, 0.1) is 11.2 Å². The van der Waals surface area contributed by atoms with Crippen molar-refractivity contribution in [1.82, 2.24) is 14.8 Å². The van der Waals surface area contributed by atoms with E-state index >= 15 is 0 Å². The van der Waals surface area contributed by atoms with Crippen molar-refractivity contribution in [2.45, 2.75) is 25.8 Å². The molecule has 0 spiro atoms. The van der Waals surface area contributed by atoms with E-state index in [4.69, 9.17) is 0 Å². The van der Waals surface area contributed by atoms with Crippen LogP contribution < -0.4 is 0 Å². The van der Waals surface area contributed by atoms with Gasteiger partial charge >= 0.3 is 0 Å². The SMILES string of the molecule is C[C@@H](c1ccccc1F)N1CCN(C(=O)CCc2cscn2)CC1. The molecule has 0 radical (unpaired) electrons. The number of amides is 1. The summed E-state index contributed by atoms with van der Waals surface area (Å²) >= 11 is 1.56. The summed E-state index contributed by atoms with van der Waals surface area (Å²) in [5.74, 6) is 0.0213. The number of carbonyl (C=O) groups is 1. The van der Waals surface area contributed by atoms with Gasteiger partial charge in [-0.05, 0) is 19.4 Å². The molecular weight excluding hydrogens is 325 g/mol. The summed E-state index contributed by atoms with van der Waals surface area (Å²) < 4.78 is 13.9. The Morgan fingerprint density at radius 1 is 1.29 bits per heavy atom. The zero-order valence-electron chi connectivity index (χ0n) is 13.8. The highest BCUT2D eigenvalue weighted by molar-refractivity contribution is 7.07. The van der Waals surface area contributed by atoms with E-state index in [1.807, 2.05) is 29.3 Å². The third-order valence-corrected chi connectivity index (χ3v) is 5.28. The number of halogens is 1. The van der Waals surface area contributed by atoms with Crippen molar-refractivity contribution in [1.29, 1.82) is 0 Å². The van der Waals surface area contributed by atoms with Crippen LogP contribution in [-0.4, -0.2) is 46.9 Å². The molecule has 6 heteroatoms. The predicted molar refractivity (Wildman–Crippen MR) is 93.4 cm³/mol. The van der Waals surface area contributed by atoms with Crippen LogP contribution in [0, 0.1) is 5.82 Å². The molecule has 0 saturated carbocycles. The largest absolute Gasteiger partial charge is 0.340 e. The molecule has 0 bridgehead atoms. The molecule has 24 heavy (non-hydrogen) atoms. The number of hydrogen-bond donors (Lipinski definition) is 0. The number of nitrogens with zero attached hydrogens (tertiary/aromatic N) is 3. The lowest BCUT2D eigenvalue weighted by Gasteiger charge is -2.38. The second-order valence-corrected chi connectivity index (χ2v) is 6.81. The molecule has 128 valence electrons. The number of thiazole rings is 1. The third kappa shape index (κ3) is 3.99. The number of rotatable bonds is 5. The highest BCUT2D eigenvalue weighted by Gasteiger charge is 2.25. The van der Waals surface area contributed by atoms with E-state index in [0.29, 0.717) is 25.9 Å². The van der Waals surface area contributed by atoms with Crippen LogP contribution in [0.5, 0.6) is 0 Å². The van der Waals surface area contributed by atoms with E-state index in [-0.39, 0.29) is 17.8 Å². The summed E-state index contributed by atoms with van der Waals surface area (Å²) in [6.45, 7) is 4.98. The first kappa shape index (κ1) is 17.0. The molecule has 1 atom stereocenters. The average Bonchev–Trinajstić information content (AvgIpc) is 3.13. The summed E-state index contributed by atoms with van der Waals surface area (Å²) in [4.78, 5) is 20.7. The van der Waals surface area contributed by atoms with Crippen LogP contribution in [0.15, 0.2) is 35.2 Å². The second-order valence-electron chi connectivity index (χ2n) is 6.09. The highest BCUT2D eigenvalue weighted by atomic mass is 32.1. The second kappa shape index (κ2) is 7.85. The molecular formula is C18H22FN3OS. The van der Waals surface area contributed by atoms with E-state index in [2.05, 4.69) is 9.88 Å². The summed E-state index contributed by atoms with van der Waals surface area (Å²) in [6, 6.07) is 6.95. The predicted octanol–water partition coefficient (Wildman–Crippen LogP) is 3.12. The number of carbonyl (C=O) groups excluding carboxylic acids is 1. The molecule has 4 nitrogen and oxygen atoms in total. The van der Waals surface area contributed by atoms with E-state index in [1.54, 1.807) is 22.9 Å². The Hall–Kier alpha value is -1.79. The van der Waals surface area contributed by atoms with Gasteiger partial charge in [-0.1, -0.05) is 18.2 Å². The van der Waals surface area contributed by atoms with Crippen molar-refractivity contribution in [3.63, 3.8) is 0 Å². The topological polar surface area (TPSA) is 36.4 Å². The third-order valence-electron chi connectivity index (χ3n) is 4.65. The van der Waals surface area contributed by atoms with Crippen LogP contribution in [0.2, 0.25) is 0 Å². The molecule has 0 aliphatic carbocycles. The first-order chi connectivity index (χ1) is 11.6. The fourth-order valence-corrected chi connectivity index (χ4v) is 3.72. The lowest BCUT2D eigenvalue weighted by molar-refractivity contribution is -0.133. The number of aromatic nitrogens is 1. The van der Waals surface area contributed by atoms with Gasteiger partial charge in [0.1, 0.15) is 5.82 Å². The lowest BCUT2D eigenvalue weighted by Crippen LogP contribution is -2.49. The van der Waals surface area contributed by atoms with Crippen molar-refractivity contribution in [2.24, 2.45) is 0 Å². The first-order valence-electron chi connectivity index (χ1n) is 8.28. The number of benzene rings is 1. The molecule has 3 rings (SSSR count). The highest BCUT2D eigenvalue weighted by Crippen LogP contribution is 2.24. The Bertz CT molecular complexity index is 669. The van der Waals surface area contributed by atoms with Crippen molar-refractivity contribution in [2.75, 3.05) is 26.2 Å². The maximum absolute atomic E-state index is 13.9. The van der Waals surface area contributed by atoms with Gasteiger partial charge < -0.3 is 4.90 Å². The first-order valence-corrected chi connectivity index (χ1v) is 9.22. The van der Waals surface area contributed by atoms with E-state index in [1.165, 1.54) is 6.07 Å². The Balaban J connectivity index is 1.50. The normalized spacial score (nSPS) is 17.0. The van der Waals surface area contributed by atoms with Crippen molar-refractivity contribution >= 4 is 17.2 Å². The monoisotopic (exact) mass is 347 g/mol. The fourth-order valence-electron chi connectivity index (χ4n) is 3.12. The number of aryl methyl sites for hydroxylation is 1. The molecule has 1 aliphatic heterocycles. The Labute approximate surface area is 145 Å². The quantitative estimate of drug-likeness (QED) is 0.834. The Kier molecular flexibility index (Phi) is 5.58. The summed E-state index contributed by atoms with van der Waals surface area (Å²) in [7, 11) is 0. The van der Waals surface area contributed by atoms with E-state index in [9.17, 15) is 9.18 Å². The van der Waals surface area contributed by atoms with Crippen LogP contribution in [0.25, 0.3) is 0 Å². The molecule has 2 aromatic rings. The van der Waals surface area contributed by atoms with Gasteiger partial charge in [-0.2, -0.15) is 0 Å². The molecule has 1 aliphatic rings. The molecule has 1 aromatic heterocycles. The minimum absolute atomic E-state index is 0.0264. The van der Waals surface area contributed by atoms with E-state index < -0.39 is 0 Å².